The highest BCUT2D eigenvalue weighted by atomic mass is 16.5. The first kappa shape index (κ1) is 17.9. The molecule has 3 heteroatoms. The maximum atomic E-state index is 9.78. The standard InChI is InChI=1S/C23H25NO2/c1-24-17-19(20-12-8-9-13-21(20)24)11-7-5-3-4-6-10-18-14-15-23(26-2)22(25)16-18/h6-17,25H,3-5H2,1-2H3/b10-6+,11-7+. The van der Waals surface area contributed by atoms with Gasteiger partial charge in [0.05, 0.1) is 7.11 Å². The van der Waals surface area contributed by atoms with Crippen LogP contribution in [0.3, 0.4) is 0 Å². The number of benzene rings is 2. The van der Waals surface area contributed by atoms with Gasteiger partial charge in [0.2, 0.25) is 0 Å². The minimum Gasteiger partial charge on any atom is -0.504 e. The number of methoxy groups -OCH3 is 1. The monoisotopic (exact) mass is 347 g/mol. The van der Waals surface area contributed by atoms with E-state index in [0.717, 1.165) is 24.8 Å². The van der Waals surface area contributed by atoms with Gasteiger partial charge in [-0.2, -0.15) is 0 Å². The molecular weight excluding hydrogens is 322 g/mol. The van der Waals surface area contributed by atoms with E-state index in [1.165, 1.54) is 16.5 Å². The molecule has 0 aliphatic rings. The molecule has 1 aromatic heterocycles. The van der Waals surface area contributed by atoms with E-state index in [2.05, 4.69) is 60.3 Å². The van der Waals surface area contributed by atoms with Crippen LogP contribution in [-0.2, 0) is 7.05 Å². The summed E-state index contributed by atoms with van der Waals surface area (Å²) < 4.78 is 7.22. The number of rotatable bonds is 7. The summed E-state index contributed by atoms with van der Waals surface area (Å²) in [5.74, 6) is 0.674. The number of unbranched alkanes of at least 4 members (excludes halogenated alkanes) is 2. The van der Waals surface area contributed by atoms with Crippen LogP contribution in [0.2, 0.25) is 0 Å². The molecule has 0 saturated heterocycles. The van der Waals surface area contributed by atoms with E-state index in [9.17, 15) is 5.11 Å². The number of aromatic nitrogens is 1. The second-order valence-electron chi connectivity index (χ2n) is 6.38. The van der Waals surface area contributed by atoms with Crippen LogP contribution in [0, 0.1) is 0 Å². The highest BCUT2D eigenvalue weighted by molar-refractivity contribution is 5.89. The third-order valence-electron chi connectivity index (χ3n) is 4.48. The quantitative estimate of drug-likeness (QED) is 0.549. The third kappa shape index (κ3) is 4.17. The van der Waals surface area contributed by atoms with Crippen LogP contribution in [0.25, 0.3) is 23.1 Å². The van der Waals surface area contributed by atoms with Gasteiger partial charge in [-0.3, -0.25) is 0 Å². The number of phenolic OH excluding ortho intramolecular Hbond substituents is 1. The molecule has 3 nitrogen and oxygen atoms in total. The van der Waals surface area contributed by atoms with Crippen LogP contribution in [-0.4, -0.2) is 16.8 Å². The average Bonchev–Trinajstić information content (AvgIpc) is 2.97. The van der Waals surface area contributed by atoms with Crippen LogP contribution >= 0.6 is 0 Å². The number of ether oxygens (including phenoxy) is 1. The molecule has 0 saturated carbocycles. The Morgan fingerprint density at radius 3 is 2.58 bits per heavy atom. The van der Waals surface area contributed by atoms with Crippen molar-refractivity contribution in [3.63, 3.8) is 0 Å². The number of phenols is 1. The average molecular weight is 347 g/mol. The molecule has 26 heavy (non-hydrogen) atoms. The Bertz CT molecular complexity index is 935. The fraction of sp³-hybridized carbons (Fsp3) is 0.217. The molecule has 0 atom stereocenters. The van der Waals surface area contributed by atoms with Crippen LogP contribution in [0.1, 0.15) is 30.4 Å². The van der Waals surface area contributed by atoms with Gasteiger partial charge in [-0.15, -0.1) is 0 Å². The molecule has 1 heterocycles. The van der Waals surface area contributed by atoms with E-state index in [0.29, 0.717) is 5.75 Å². The summed E-state index contributed by atoms with van der Waals surface area (Å²) in [5.41, 5.74) is 3.51. The van der Waals surface area contributed by atoms with Gasteiger partial charge < -0.3 is 14.4 Å². The van der Waals surface area contributed by atoms with E-state index in [1.54, 1.807) is 19.2 Å². The van der Waals surface area contributed by atoms with Crippen molar-refractivity contribution >= 4 is 23.1 Å². The molecule has 134 valence electrons. The second kappa shape index (κ2) is 8.43. The number of nitrogens with zero attached hydrogens (tertiary/aromatic N) is 1. The molecule has 0 unspecified atom stereocenters. The maximum absolute atomic E-state index is 9.78. The van der Waals surface area contributed by atoms with Crippen molar-refractivity contribution in [1.29, 1.82) is 0 Å². The summed E-state index contributed by atoms with van der Waals surface area (Å²) in [6, 6.07) is 13.9. The Labute approximate surface area is 154 Å². The van der Waals surface area contributed by atoms with Crippen LogP contribution < -0.4 is 4.74 Å². The van der Waals surface area contributed by atoms with Gasteiger partial charge in [-0.05, 0) is 48.6 Å². The fourth-order valence-electron chi connectivity index (χ4n) is 3.10. The summed E-state index contributed by atoms with van der Waals surface area (Å²) >= 11 is 0. The van der Waals surface area contributed by atoms with Crippen molar-refractivity contribution in [3.05, 3.63) is 71.9 Å². The molecule has 0 amide bonds. The van der Waals surface area contributed by atoms with Gasteiger partial charge in [0.15, 0.2) is 11.5 Å². The van der Waals surface area contributed by atoms with Crippen LogP contribution in [0.4, 0.5) is 0 Å². The maximum Gasteiger partial charge on any atom is 0.160 e. The van der Waals surface area contributed by atoms with Crippen molar-refractivity contribution in [1.82, 2.24) is 4.57 Å². The van der Waals surface area contributed by atoms with E-state index in [1.807, 2.05) is 12.1 Å². The Kier molecular flexibility index (Phi) is 5.80. The molecule has 3 rings (SSSR count). The summed E-state index contributed by atoms with van der Waals surface area (Å²) in [4.78, 5) is 0. The third-order valence-corrected chi connectivity index (χ3v) is 4.48. The fourth-order valence-corrected chi connectivity index (χ4v) is 3.10. The van der Waals surface area contributed by atoms with Gasteiger partial charge in [0.25, 0.3) is 0 Å². The predicted molar refractivity (Wildman–Crippen MR) is 109 cm³/mol. The SMILES string of the molecule is COc1ccc(/C=C/CCC/C=C/c2cn(C)c3ccccc23)cc1O. The lowest BCUT2D eigenvalue weighted by atomic mass is 10.1. The molecule has 0 bridgehead atoms. The number of fused-ring (bicyclic) bond motifs is 1. The van der Waals surface area contributed by atoms with Gasteiger partial charge in [-0.25, -0.2) is 0 Å². The Balaban J connectivity index is 1.49. The van der Waals surface area contributed by atoms with E-state index in [4.69, 9.17) is 4.74 Å². The van der Waals surface area contributed by atoms with E-state index in [-0.39, 0.29) is 5.75 Å². The predicted octanol–water partition coefficient (Wildman–Crippen LogP) is 5.79. The number of aryl methyl sites for hydroxylation is 1. The highest BCUT2D eigenvalue weighted by Gasteiger charge is 2.02. The normalized spacial score (nSPS) is 11.8. The van der Waals surface area contributed by atoms with Gasteiger partial charge in [-0.1, -0.05) is 48.6 Å². The molecule has 1 N–H and O–H groups in total. The van der Waals surface area contributed by atoms with E-state index < -0.39 is 0 Å². The van der Waals surface area contributed by atoms with Crippen LogP contribution in [0.15, 0.2) is 60.8 Å². The summed E-state index contributed by atoms with van der Waals surface area (Å²) in [6.07, 6.45) is 14.0. The Hall–Kier alpha value is -2.94. The number of allylic oxidation sites excluding steroid dienone is 2. The van der Waals surface area contributed by atoms with Gasteiger partial charge in [0, 0.05) is 24.1 Å². The first-order valence-electron chi connectivity index (χ1n) is 8.93. The topological polar surface area (TPSA) is 34.4 Å². The first-order chi connectivity index (χ1) is 12.7. The minimum absolute atomic E-state index is 0.174. The van der Waals surface area contributed by atoms with E-state index >= 15 is 0 Å². The summed E-state index contributed by atoms with van der Waals surface area (Å²) in [6.45, 7) is 0. The highest BCUT2D eigenvalue weighted by Crippen LogP contribution is 2.26. The number of aromatic hydroxyl groups is 1. The minimum atomic E-state index is 0.174. The summed E-state index contributed by atoms with van der Waals surface area (Å²) in [5, 5.41) is 11.1. The smallest absolute Gasteiger partial charge is 0.160 e. The van der Waals surface area contributed by atoms with Gasteiger partial charge in [0.1, 0.15) is 0 Å². The van der Waals surface area contributed by atoms with Crippen molar-refractivity contribution in [2.45, 2.75) is 19.3 Å². The zero-order chi connectivity index (χ0) is 18.4. The molecule has 3 aromatic rings. The van der Waals surface area contributed by atoms with Crippen molar-refractivity contribution in [2.75, 3.05) is 7.11 Å². The molecule has 0 spiro atoms. The molecular formula is C23H25NO2. The Morgan fingerprint density at radius 1 is 1.04 bits per heavy atom. The zero-order valence-corrected chi connectivity index (χ0v) is 15.4. The zero-order valence-electron chi connectivity index (χ0n) is 15.4. The largest absolute Gasteiger partial charge is 0.504 e. The van der Waals surface area contributed by atoms with Crippen LogP contribution in [0.5, 0.6) is 11.5 Å². The number of para-hydroxylation sites is 1. The molecule has 0 aliphatic carbocycles. The lowest BCUT2D eigenvalue weighted by Crippen LogP contribution is -1.83. The van der Waals surface area contributed by atoms with Gasteiger partial charge >= 0.3 is 0 Å². The molecule has 2 aromatic carbocycles. The molecule has 0 aliphatic heterocycles. The van der Waals surface area contributed by atoms with Crippen molar-refractivity contribution in [3.8, 4) is 11.5 Å². The lowest BCUT2D eigenvalue weighted by Gasteiger charge is -2.03. The first-order valence-corrected chi connectivity index (χ1v) is 8.93. The molecule has 0 radical (unpaired) electrons. The van der Waals surface area contributed by atoms with Crippen molar-refractivity contribution < 1.29 is 9.84 Å². The second-order valence-corrected chi connectivity index (χ2v) is 6.38. The van der Waals surface area contributed by atoms with Crippen molar-refractivity contribution in [2.24, 2.45) is 7.05 Å². The summed E-state index contributed by atoms with van der Waals surface area (Å²) in [7, 11) is 3.64. The Morgan fingerprint density at radius 2 is 1.81 bits per heavy atom. The lowest BCUT2D eigenvalue weighted by molar-refractivity contribution is 0.373. The number of hydrogen-bond acceptors (Lipinski definition) is 2. The molecule has 0 fully saturated rings. The number of hydrogen-bond donors (Lipinski definition) is 1.